The number of methoxy groups -OCH3 is 1. The first-order valence-electron chi connectivity index (χ1n) is 6.70. The van der Waals surface area contributed by atoms with Gasteiger partial charge >= 0.3 is 0 Å². The normalized spacial score (nSPS) is 16.8. The van der Waals surface area contributed by atoms with E-state index in [1.54, 1.807) is 7.11 Å². The predicted molar refractivity (Wildman–Crippen MR) is 72.8 cm³/mol. The van der Waals surface area contributed by atoms with Crippen molar-refractivity contribution in [1.29, 1.82) is 0 Å². The molecule has 0 bridgehead atoms. The fourth-order valence-electron chi connectivity index (χ4n) is 1.98. The molecule has 3 heteroatoms. The van der Waals surface area contributed by atoms with Gasteiger partial charge in [-0.25, -0.2) is 0 Å². The monoisotopic (exact) mass is 249 g/mol. The lowest BCUT2D eigenvalue weighted by Gasteiger charge is -2.19. The van der Waals surface area contributed by atoms with Gasteiger partial charge in [0.2, 0.25) is 0 Å². The second-order valence-corrected chi connectivity index (χ2v) is 4.95. The van der Waals surface area contributed by atoms with Gasteiger partial charge in [-0.15, -0.1) is 0 Å². The molecule has 1 aliphatic rings. The molecule has 1 unspecified atom stereocenters. The third-order valence-corrected chi connectivity index (χ3v) is 3.19. The first kappa shape index (κ1) is 13.5. The Hall–Kier alpha value is -0.900. The van der Waals surface area contributed by atoms with Crippen molar-refractivity contribution in [3.8, 4) is 0 Å². The Morgan fingerprint density at radius 2 is 2.17 bits per heavy atom. The van der Waals surface area contributed by atoms with E-state index in [1.807, 2.05) is 0 Å². The van der Waals surface area contributed by atoms with Gasteiger partial charge in [0.25, 0.3) is 0 Å². The SMILES string of the molecule is COCCOC(CNC1CC1)c1cccc(C)c1. The highest BCUT2D eigenvalue weighted by Gasteiger charge is 2.22. The van der Waals surface area contributed by atoms with Crippen LogP contribution in [-0.4, -0.2) is 32.9 Å². The van der Waals surface area contributed by atoms with Gasteiger partial charge < -0.3 is 14.8 Å². The minimum absolute atomic E-state index is 0.126. The van der Waals surface area contributed by atoms with Crippen LogP contribution in [0, 0.1) is 6.92 Å². The molecule has 1 aromatic carbocycles. The first-order chi connectivity index (χ1) is 8.79. The number of hydrogen-bond donors (Lipinski definition) is 1. The molecule has 0 saturated heterocycles. The number of aryl methyl sites for hydroxylation is 1. The van der Waals surface area contributed by atoms with Crippen LogP contribution in [0.3, 0.4) is 0 Å². The van der Waals surface area contributed by atoms with Crippen molar-refractivity contribution in [3.05, 3.63) is 35.4 Å². The first-order valence-corrected chi connectivity index (χ1v) is 6.70. The molecule has 3 nitrogen and oxygen atoms in total. The molecule has 2 rings (SSSR count). The third kappa shape index (κ3) is 4.41. The summed E-state index contributed by atoms with van der Waals surface area (Å²) in [4.78, 5) is 0. The molecule has 0 spiro atoms. The minimum atomic E-state index is 0.126. The molecule has 1 atom stereocenters. The van der Waals surface area contributed by atoms with Crippen LogP contribution in [0.4, 0.5) is 0 Å². The Labute approximate surface area is 109 Å². The van der Waals surface area contributed by atoms with E-state index in [9.17, 15) is 0 Å². The van der Waals surface area contributed by atoms with Gasteiger partial charge in [0.05, 0.1) is 19.3 Å². The van der Waals surface area contributed by atoms with Crippen molar-refractivity contribution in [2.45, 2.75) is 31.9 Å². The van der Waals surface area contributed by atoms with Crippen LogP contribution in [0.15, 0.2) is 24.3 Å². The highest BCUT2D eigenvalue weighted by Crippen LogP contribution is 2.22. The molecule has 18 heavy (non-hydrogen) atoms. The standard InChI is InChI=1S/C15H23NO2/c1-12-4-3-5-13(10-12)15(18-9-8-17-2)11-16-14-6-7-14/h3-5,10,14-16H,6-9,11H2,1-2H3. The number of nitrogens with one attached hydrogen (secondary N) is 1. The molecule has 0 aromatic heterocycles. The van der Waals surface area contributed by atoms with Crippen molar-refractivity contribution in [2.75, 3.05) is 26.9 Å². The van der Waals surface area contributed by atoms with Crippen LogP contribution < -0.4 is 5.32 Å². The van der Waals surface area contributed by atoms with Gasteiger partial charge in [-0.3, -0.25) is 0 Å². The summed E-state index contributed by atoms with van der Waals surface area (Å²) in [6, 6.07) is 9.26. The lowest BCUT2D eigenvalue weighted by molar-refractivity contribution is 0.0164. The topological polar surface area (TPSA) is 30.5 Å². The Morgan fingerprint density at radius 3 is 2.83 bits per heavy atom. The minimum Gasteiger partial charge on any atom is -0.382 e. The Balaban J connectivity index is 1.92. The zero-order valence-electron chi connectivity index (χ0n) is 11.3. The zero-order chi connectivity index (χ0) is 12.8. The van der Waals surface area contributed by atoms with Gasteiger partial charge in [-0.1, -0.05) is 29.8 Å². The number of rotatable bonds is 8. The summed E-state index contributed by atoms with van der Waals surface area (Å²) in [5.74, 6) is 0. The maximum Gasteiger partial charge on any atom is 0.0950 e. The molecule has 1 N–H and O–H groups in total. The molecular weight excluding hydrogens is 226 g/mol. The highest BCUT2D eigenvalue weighted by molar-refractivity contribution is 5.24. The number of benzene rings is 1. The second kappa shape index (κ2) is 6.88. The molecule has 1 aromatic rings. The van der Waals surface area contributed by atoms with E-state index >= 15 is 0 Å². The average Bonchev–Trinajstić information content (AvgIpc) is 3.17. The van der Waals surface area contributed by atoms with Crippen LogP contribution in [0.5, 0.6) is 0 Å². The van der Waals surface area contributed by atoms with Crippen molar-refractivity contribution in [1.82, 2.24) is 5.32 Å². The van der Waals surface area contributed by atoms with E-state index < -0.39 is 0 Å². The largest absolute Gasteiger partial charge is 0.382 e. The molecule has 0 amide bonds. The second-order valence-electron chi connectivity index (χ2n) is 4.95. The van der Waals surface area contributed by atoms with Crippen LogP contribution in [0.2, 0.25) is 0 Å². The van der Waals surface area contributed by atoms with E-state index in [0.717, 1.165) is 6.54 Å². The summed E-state index contributed by atoms with van der Waals surface area (Å²) in [6.07, 6.45) is 2.73. The van der Waals surface area contributed by atoms with Crippen LogP contribution in [-0.2, 0) is 9.47 Å². The summed E-state index contributed by atoms with van der Waals surface area (Å²) < 4.78 is 11.0. The van der Waals surface area contributed by atoms with Gasteiger partial charge in [0.1, 0.15) is 0 Å². The Bertz CT molecular complexity index is 363. The highest BCUT2D eigenvalue weighted by atomic mass is 16.5. The zero-order valence-corrected chi connectivity index (χ0v) is 11.3. The fraction of sp³-hybridized carbons (Fsp3) is 0.600. The molecular formula is C15H23NO2. The lowest BCUT2D eigenvalue weighted by atomic mass is 10.1. The molecule has 1 saturated carbocycles. The maximum absolute atomic E-state index is 5.91. The molecule has 0 heterocycles. The van der Waals surface area contributed by atoms with Gasteiger partial charge in [-0.2, -0.15) is 0 Å². The third-order valence-electron chi connectivity index (χ3n) is 3.19. The number of hydrogen-bond acceptors (Lipinski definition) is 3. The van der Waals surface area contributed by atoms with E-state index in [4.69, 9.17) is 9.47 Å². The van der Waals surface area contributed by atoms with E-state index in [2.05, 4.69) is 36.5 Å². The summed E-state index contributed by atoms with van der Waals surface area (Å²) in [6.45, 7) is 4.29. The summed E-state index contributed by atoms with van der Waals surface area (Å²) in [5, 5.41) is 3.54. The fourth-order valence-corrected chi connectivity index (χ4v) is 1.98. The van der Waals surface area contributed by atoms with E-state index in [1.165, 1.54) is 24.0 Å². The van der Waals surface area contributed by atoms with E-state index in [0.29, 0.717) is 19.3 Å². The average molecular weight is 249 g/mol. The molecule has 1 fully saturated rings. The maximum atomic E-state index is 5.91. The quantitative estimate of drug-likeness (QED) is 0.718. The van der Waals surface area contributed by atoms with E-state index in [-0.39, 0.29) is 6.10 Å². The predicted octanol–water partition coefficient (Wildman–Crippen LogP) is 2.45. The smallest absolute Gasteiger partial charge is 0.0950 e. The van der Waals surface area contributed by atoms with Gasteiger partial charge in [-0.05, 0) is 25.3 Å². The Morgan fingerprint density at radius 1 is 1.33 bits per heavy atom. The van der Waals surface area contributed by atoms with Crippen molar-refractivity contribution in [2.24, 2.45) is 0 Å². The molecule has 0 radical (unpaired) electrons. The summed E-state index contributed by atoms with van der Waals surface area (Å²) >= 11 is 0. The molecule has 1 aliphatic carbocycles. The van der Waals surface area contributed by atoms with Crippen molar-refractivity contribution < 1.29 is 9.47 Å². The summed E-state index contributed by atoms with van der Waals surface area (Å²) in [5.41, 5.74) is 2.53. The van der Waals surface area contributed by atoms with Crippen molar-refractivity contribution in [3.63, 3.8) is 0 Å². The van der Waals surface area contributed by atoms with Gasteiger partial charge in [0.15, 0.2) is 0 Å². The van der Waals surface area contributed by atoms with Crippen molar-refractivity contribution >= 4 is 0 Å². The molecule has 0 aliphatic heterocycles. The molecule has 100 valence electrons. The van der Waals surface area contributed by atoms with Crippen LogP contribution >= 0.6 is 0 Å². The van der Waals surface area contributed by atoms with Crippen LogP contribution in [0.25, 0.3) is 0 Å². The Kier molecular flexibility index (Phi) is 5.17. The lowest BCUT2D eigenvalue weighted by Crippen LogP contribution is -2.26. The van der Waals surface area contributed by atoms with Gasteiger partial charge in [0, 0.05) is 19.7 Å². The van der Waals surface area contributed by atoms with Crippen LogP contribution in [0.1, 0.15) is 30.1 Å². The number of ether oxygens (including phenoxy) is 2. The summed E-state index contributed by atoms with van der Waals surface area (Å²) in [7, 11) is 1.70.